The molecule has 8 amide bonds. The number of imide groups is 4. The summed E-state index contributed by atoms with van der Waals surface area (Å²) in [6.45, 7) is 3.82. The van der Waals surface area contributed by atoms with Crippen molar-refractivity contribution in [3.05, 3.63) is 223 Å². The number of rotatable bonds is 8. The molecular formula is C56H36N4O11. The van der Waals surface area contributed by atoms with E-state index < -0.39 is 58.8 Å². The number of aryl methyl sites for hydroxylation is 2. The molecule has 15 nitrogen and oxygen atoms in total. The summed E-state index contributed by atoms with van der Waals surface area (Å²) in [5.41, 5.74) is 5.00. The molecule has 71 heavy (non-hydrogen) atoms. The zero-order chi connectivity index (χ0) is 50.2. The maximum Gasteiger partial charge on any atom is 0.266 e. The Morgan fingerprint density at radius 2 is 0.648 bits per heavy atom. The van der Waals surface area contributed by atoms with E-state index in [0.717, 1.165) is 30.7 Å². The minimum absolute atomic E-state index is 0.100. The predicted molar refractivity (Wildman–Crippen MR) is 257 cm³/mol. The molecule has 7 aromatic rings. The molecule has 4 aliphatic rings. The Kier molecular flexibility index (Phi) is 10.8. The van der Waals surface area contributed by atoms with Gasteiger partial charge in [-0.15, -0.1) is 0 Å². The SMILES string of the molecule is Cc1cccc(N2C(=O)c3ccc(C(=O)c4ccc5c(c4)C(=O)N(C)C5=O)cc3C2=O)c1.Cc1cccc(Oc2cccc(N3C(=O)c4ccc(C(=O)c5ccc6c(c5)C(=O)N(C)C6=O)cc4C3=O)c2)c1. The predicted octanol–water partition coefficient (Wildman–Crippen LogP) is 8.30. The summed E-state index contributed by atoms with van der Waals surface area (Å²) in [7, 11) is 2.76. The number of nitrogens with zero attached hydrogens (tertiary/aromatic N) is 4. The van der Waals surface area contributed by atoms with Crippen molar-refractivity contribution in [1.29, 1.82) is 0 Å². The van der Waals surface area contributed by atoms with Crippen LogP contribution in [0.4, 0.5) is 11.4 Å². The van der Waals surface area contributed by atoms with Crippen molar-refractivity contribution < 1.29 is 52.7 Å². The molecule has 4 aliphatic heterocycles. The van der Waals surface area contributed by atoms with Crippen molar-refractivity contribution in [3.63, 3.8) is 0 Å². The average molecular weight is 941 g/mol. The highest BCUT2D eigenvalue weighted by Crippen LogP contribution is 2.35. The van der Waals surface area contributed by atoms with E-state index in [9.17, 15) is 47.9 Å². The summed E-state index contributed by atoms with van der Waals surface area (Å²) < 4.78 is 5.92. The van der Waals surface area contributed by atoms with E-state index in [1.807, 2.05) is 44.2 Å². The molecule has 0 saturated carbocycles. The molecular weight excluding hydrogens is 905 g/mol. The normalized spacial score (nSPS) is 14.4. The fourth-order valence-electron chi connectivity index (χ4n) is 8.84. The number of amides is 8. The highest BCUT2D eigenvalue weighted by atomic mass is 16.5. The Balaban J connectivity index is 0.000000167. The zero-order valence-corrected chi connectivity index (χ0v) is 38.1. The van der Waals surface area contributed by atoms with Crippen LogP contribution in [0.25, 0.3) is 0 Å². The van der Waals surface area contributed by atoms with Crippen LogP contribution < -0.4 is 14.5 Å². The van der Waals surface area contributed by atoms with E-state index in [1.165, 1.54) is 86.9 Å². The molecule has 0 bridgehead atoms. The van der Waals surface area contributed by atoms with Gasteiger partial charge in [-0.25, -0.2) is 9.80 Å². The second kappa shape index (κ2) is 17.1. The second-order valence-corrected chi connectivity index (χ2v) is 17.2. The Hall–Kier alpha value is -9.76. The van der Waals surface area contributed by atoms with Gasteiger partial charge in [-0.05, 0) is 110 Å². The van der Waals surface area contributed by atoms with Crippen LogP contribution in [-0.4, -0.2) is 82.7 Å². The molecule has 0 saturated heterocycles. The number of benzene rings is 7. The number of carbonyl (C=O) groups excluding carboxylic acids is 10. The third-order valence-electron chi connectivity index (χ3n) is 12.6. The Labute approximate surface area is 404 Å². The highest BCUT2D eigenvalue weighted by molar-refractivity contribution is 6.36. The molecule has 7 aromatic carbocycles. The van der Waals surface area contributed by atoms with Gasteiger partial charge in [0.05, 0.1) is 55.9 Å². The van der Waals surface area contributed by atoms with Crippen molar-refractivity contribution in [2.24, 2.45) is 0 Å². The minimum atomic E-state index is -0.561. The second-order valence-electron chi connectivity index (χ2n) is 17.2. The third-order valence-corrected chi connectivity index (χ3v) is 12.6. The molecule has 15 heteroatoms. The van der Waals surface area contributed by atoms with E-state index in [1.54, 1.807) is 42.5 Å². The van der Waals surface area contributed by atoms with Gasteiger partial charge < -0.3 is 4.74 Å². The van der Waals surface area contributed by atoms with Crippen molar-refractivity contribution >= 4 is 70.2 Å². The number of fused-ring (bicyclic) bond motifs is 4. The maximum atomic E-state index is 13.4. The molecule has 11 rings (SSSR count). The number of hydrogen-bond acceptors (Lipinski definition) is 11. The first-order valence-corrected chi connectivity index (χ1v) is 22.0. The average Bonchev–Trinajstić information content (AvgIpc) is 3.95. The topological polar surface area (TPSA) is 193 Å². The maximum absolute atomic E-state index is 13.4. The fraction of sp³-hybridized carbons (Fsp3) is 0.0714. The zero-order valence-electron chi connectivity index (χ0n) is 38.1. The highest BCUT2D eigenvalue weighted by Gasteiger charge is 2.40. The summed E-state index contributed by atoms with van der Waals surface area (Å²) in [4.78, 5) is 132. The monoisotopic (exact) mass is 940 g/mol. The Morgan fingerprint density at radius 3 is 1.06 bits per heavy atom. The standard InChI is InChI=1S/C31H20N2O6.C25H16N2O5/c1-17-5-3-7-21(13-17)39-22-8-4-6-20(16-22)33-30(37)24-12-10-19(15-26(24)31(33)38)27(34)18-9-11-23-25(14-18)29(36)32(2)28(23)35;1-13-4-3-5-16(10-13)27-24(31)18-9-7-15(12-20(18)25(27)32)21(28)14-6-8-17-19(11-14)23(30)26(2)22(17)29/h3-16H,1-2H3;3-12H,1-2H3. The van der Waals surface area contributed by atoms with Gasteiger partial charge in [0.25, 0.3) is 47.3 Å². The van der Waals surface area contributed by atoms with E-state index in [2.05, 4.69) is 0 Å². The van der Waals surface area contributed by atoms with Crippen LogP contribution >= 0.6 is 0 Å². The molecule has 0 fully saturated rings. The van der Waals surface area contributed by atoms with Gasteiger partial charge >= 0.3 is 0 Å². The summed E-state index contributed by atoms with van der Waals surface area (Å²) in [5.74, 6) is -3.58. The Bertz CT molecular complexity index is 3650. The molecule has 0 atom stereocenters. The van der Waals surface area contributed by atoms with Crippen LogP contribution in [0.1, 0.15) is 126 Å². The number of ketones is 2. The van der Waals surface area contributed by atoms with Gasteiger partial charge in [0.1, 0.15) is 11.5 Å². The quantitative estimate of drug-likeness (QED) is 0.105. The summed E-state index contributed by atoms with van der Waals surface area (Å²) >= 11 is 0. The summed E-state index contributed by atoms with van der Waals surface area (Å²) in [6.07, 6.45) is 0. The van der Waals surface area contributed by atoms with Gasteiger partial charge in [0, 0.05) is 42.4 Å². The first-order valence-electron chi connectivity index (χ1n) is 22.0. The lowest BCUT2D eigenvalue weighted by molar-refractivity contribution is 0.0677. The number of anilines is 2. The molecule has 0 radical (unpaired) electrons. The van der Waals surface area contributed by atoms with Crippen LogP contribution in [0.15, 0.2) is 146 Å². The van der Waals surface area contributed by atoms with Crippen LogP contribution in [0.2, 0.25) is 0 Å². The molecule has 4 heterocycles. The van der Waals surface area contributed by atoms with E-state index in [-0.39, 0.29) is 66.8 Å². The van der Waals surface area contributed by atoms with E-state index >= 15 is 0 Å². The lowest BCUT2D eigenvalue weighted by Crippen LogP contribution is -2.29. The van der Waals surface area contributed by atoms with Crippen LogP contribution in [0.3, 0.4) is 0 Å². The van der Waals surface area contributed by atoms with Crippen molar-refractivity contribution in [2.75, 3.05) is 23.9 Å². The van der Waals surface area contributed by atoms with Crippen molar-refractivity contribution in [3.8, 4) is 11.5 Å². The number of ether oxygens (including phenoxy) is 1. The largest absolute Gasteiger partial charge is 0.457 e. The summed E-state index contributed by atoms with van der Waals surface area (Å²) in [5, 5.41) is 0. The summed E-state index contributed by atoms with van der Waals surface area (Å²) in [6, 6.07) is 38.5. The molecule has 346 valence electrons. The molecule has 0 aromatic heterocycles. The number of carbonyl (C=O) groups is 10. The Morgan fingerprint density at radius 1 is 0.338 bits per heavy atom. The number of hydrogen-bond donors (Lipinski definition) is 0. The van der Waals surface area contributed by atoms with Crippen molar-refractivity contribution in [2.45, 2.75) is 13.8 Å². The van der Waals surface area contributed by atoms with E-state index in [4.69, 9.17) is 4.74 Å². The van der Waals surface area contributed by atoms with Gasteiger partial charge in [-0.3, -0.25) is 57.7 Å². The van der Waals surface area contributed by atoms with Crippen LogP contribution in [-0.2, 0) is 0 Å². The lowest BCUT2D eigenvalue weighted by Gasteiger charge is -2.15. The minimum Gasteiger partial charge on any atom is -0.457 e. The molecule has 0 N–H and O–H groups in total. The first kappa shape index (κ1) is 45.0. The van der Waals surface area contributed by atoms with E-state index in [0.29, 0.717) is 22.9 Å². The van der Waals surface area contributed by atoms with Crippen molar-refractivity contribution in [1.82, 2.24) is 9.80 Å². The van der Waals surface area contributed by atoms with Crippen LogP contribution in [0, 0.1) is 13.8 Å². The van der Waals surface area contributed by atoms with Gasteiger partial charge in [0.15, 0.2) is 11.6 Å². The molecule has 0 aliphatic carbocycles. The van der Waals surface area contributed by atoms with Gasteiger partial charge in [-0.2, -0.15) is 0 Å². The van der Waals surface area contributed by atoms with Gasteiger partial charge in [0.2, 0.25) is 0 Å². The molecule has 0 spiro atoms. The smallest absolute Gasteiger partial charge is 0.266 e. The molecule has 0 unspecified atom stereocenters. The van der Waals surface area contributed by atoms with Crippen LogP contribution in [0.5, 0.6) is 11.5 Å². The first-order chi connectivity index (χ1) is 34.0. The fourth-order valence-corrected chi connectivity index (χ4v) is 8.84. The lowest BCUT2D eigenvalue weighted by atomic mass is 9.96. The third kappa shape index (κ3) is 7.57. The van der Waals surface area contributed by atoms with Gasteiger partial charge in [-0.1, -0.05) is 54.6 Å².